The lowest BCUT2D eigenvalue weighted by Crippen LogP contribution is -2.71. The van der Waals surface area contributed by atoms with Crippen molar-refractivity contribution in [2.75, 3.05) is 56.7 Å². The van der Waals surface area contributed by atoms with Gasteiger partial charge in [0.15, 0.2) is 0 Å². The van der Waals surface area contributed by atoms with Gasteiger partial charge < -0.3 is 25.3 Å². The molecule has 1 spiro atoms. The molecule has 0 radical (unpaired) electrons. The van der Waals surface area contributed by atoms with Gasteiger partial charge in [-0.15, -0.1) is 0 Å². The number of piperazine rings is 2. The maximum Gasteiger partial charge on any atom is 0.242 e. The molecule has 1 aliphatic carbocycles. The zero-order chi connectivity index (χ0) is 24.3. The predicted molar refractivity (Wildman–Crippen MR) is 141 cm³/mol. The van der Waals surface area contributed by atoms with E-state index in [0.29, 0.717) is 13.2 Å². The lowest BCUT2D eigenvalue weighted by Gasteiger charge is -2.56. The lowest BCUT2D eigenvalue weighted by molar-refractivity contribution is -0.133. The molecule has 1 amide bonds. The van der Waals surface area contributed by atoms with E-state index in [1.807, 2.05) is 18.5 Å². The van der Waals surface area contributed by atoms with E-state index in [9.17, 15) is 4.79 Å². The number of rotatable bonds is 5. The number of anilines is 2. The van der Waals surface area contributed by atoms with Gasteiger partial charge in [0, 0.05) is 44.5 Å². The third-order valence-corrected chi connectivity index (χ3v) is 8.06. The molecule has 4 aliphatic rings. The van der Waals surface area contributed by atoms with Crippen molar-refractivity contribution >= 4 is 30.0 Å². The van der Waals surface area contributed by atoms with Crippen molar-refractivity contribution in [3.8, 4) is 0 Å². The van der Waals surface area contributed by atoms with E-state index < -0.39 is 0 Å². The van der Waals surface area contributed by atoms with Crippen LogP contribution in [0, 0.1) is 0 Å². The van der Waals surface area contributed by atoms with Crippen molar-refractivity contribution in [1.29, 1.82) is 0 Å². The predicted octanol–water partition coefficient (Wildman–Crippen LogP) is 2.48. The van der Waals surface area contributed by atoms with Gasteiger partial charge in [-0.1, -0.05) is 19.3 Å². The van der Waals surface area contributed by atoms with Crippen molar-refractivity contribution in [3.63, 3.8) is 0 Å². The summed E-state index contributed by atoms with van der Waals surface area (Å²) >= 11 is 0. The number of aliphatic imine (C=N–C) groups is 2. The summed E-state index contributed by atoms with van der Waals surface area (Å²) in [5.41, 5.74) is 2.17. The van der Waals surface area contributed by atoms with Crippen LogP contribution in [-0.4, -0.2) is 91.3 Å². The molecule has 1 unspecified atom stereocenters. The molecular weight excluding hydrogens is 440 g/mol. The van der Waals surface area contributed by atoms with Crippen LogP contribution in [0.15, 0.2) is 40.1 Å². The van der Waals surface area contributed by atoms with E-state index in [1.165, 1.54) is 19.3 Å². The number of hydrogen-bond donors (Lipinski definition) is 2. The van der Waals surface area contributed by atoms with Crippen molar-refractivity contribution in [3.05, 3.63) is 30.1 Å². The number of fused-ring (bicyclic) bond motifs is 2. The molecule has 2 N–H and O–H groups in total. The first kappa shape index (κ1) is 23.8. The first-order chi connectivity index (χ1) is 17.1. The summed E-state index contributed by atoms with van der Waals surface area (Å²) in [6.45, 7) is 8.96. The van der Waals surface area contributed by atoms with E-state index in [0.717, 1.165) is 74.8 Å². The van der Waals surface area contributed by atoms with Crippen LogP contribution >= 0.6 is 0 Å². The highest BCUT2D eigenvalue weighted by Crippen LogP contribution is 2.41. The number of amides is 1. The quantitative estimate of drug-likeness (QED) is 0.632. The number of carbonyl (C=O) groups excluding carboxylic acids is 1. The molecule has 4 fully saturated rings. The minimum absolute atomic E-state index is 0.0568. The fraction of sp³-hybridized carbons (Fsp3) is 0.615. The summed E-state index contributed by atoms with van der Waals surface area (Å²) < 4.78 is 0. The normalized spacial score (nSPS) is 27.1. The molecule has 4 heterocycles. The number of nitrogens with one attached hydrogen (secondary N) is 2. The van der Waals surface area contributed by atoms with Crippen LogP contribution in [0.5, 0.6) is 0 Å². The van der Waals surface area contributed by atoms with Gasteiger partial charge in [0.2, 0.25) is 5.91 Å². The number of pyridine rings is 1. The van der Waals surface area contributed by atoms with E-state index in [4.69, 9.17) is 4.99 Å². The minimum atomic E-state index is -0.163. The molecule has 9 nitrogen and oxygen atoms in total. The van der Waals surface area contributed by atoms with E-state index in [1.54, 1.807) is 0 Å². The molecule has 9 heteroatoms. The van der Waals surface area contributed by atoms with Crippen LogP contribution in [0.3, 0.4) is 0 Å². The van der Waals surface area contributed by atoms with Gasteiger partial charge in [-0.25, -0.2) is 9.98 Å². The summed E-state index contributed by atoms with van der Waals surface area (Å²) in [4.78, 5) is 33.6. The second-order valence-corrected chi connectivity index (χ2v) is 10.3. The molecule has 3 saturated heterocycles. The maximum atomic E-state index is 12.8. The third-order valence-electron chi connectivity index (χ3n) is 8.06. The summed E-state index contributed by atoms with van der Waals surface area (Å²) in [6.07, 6.45) is 11.1. The third kappa shape index (κ3) is 4.91. The second kappa shape index (κ2) is 10.4. The van der Waals surface area contributed by atoms with Crippen molar-refractivity contribution in [2.45, 2.75) is 56.5 Å². The standard InChI is InChI=1S/C26H38N8O/c1-27-16-20-6-8-22-25(35)29-18-26(10-4-3-5-11-26)34(22)24(20)31-19-30-23-9-7-21(17-28-23)33-14-12-32(2)13-15-33/h7,9,16-17,22H,1,3-6,8,10-15,18-19H2,2H3,(H,28,30)(H,29,35)/b20-16-,31-24?. The highest BCUT2D eigenvalue weighted by atomic mass is 16.2. The Balaban J connectivity index is 1.33. The number of piperidine rings is 1. The highest BCUT2D eigenvalue weighted by molar-refractivity contribution is 6.03. The number of nitrogens with zero attached hydrogens (tertiary/aromatic N) is 6. The molecule has 1 atom stereocenters. The number of likely N-dealkylation sites (N-methyl/N-ethyl adjacent to an activating group) is 1. The first-order valence-corrected chi connectivity index (χ1v) is 13.0. The monoisotopic (exact) mass is 478 g/mol. The Labute approximate surface area is 208 Å². The van der Waals surface area contributed by atoms with Crippen molar-refractivity contribution < 1.29 is 4.79 Å². The van der Waals surface area contributed by atoms with E-state index in [-0.39, 0.29) is 17.5 Å². The molecule has 0 bridgehead atoms. The van der Waals surface area contributed by atoms with Crippen LogP contribution in [0.4, 0.5) is 11.5 Å². The topological polar surface area (TPSA) is 88.5 Å². The second-order valence-electron chi connectivity index (χ2n) is 10.3. The fourth-order valence-corrected chi connectivity index (χ4v) is 6.07. The molecule has 0 aromatic carbocycles. The van der Waals surface area contributed by atoms with Crippen LogP contribution in [-0.2, 0) is 4.79 Å². The highest BCUT2D eigenvalue weighted by Gasteiger charge is 2.50. The molecule has 3 aliphatic heterocycles. The Hall–Kier alpha value is -2.94. The number of aromatic nitrogens is 1. The van der Waals surface area contributed by atoms with Crippen molar-refractivity contribution in [1.82, 2.24) is 20.1 Å². The van der Waals surface area contributed by atoms with Gasteiger partial charge in [-0.05, 0) is 51.6 Å². The zero-order valence-corrected chi connectivity index (χ0v) is 20.9. The first-order valence-electron chi connectivity index (χ1n) is 13.0. The number of carbonyl (C=O) groups is 1. The molecule has 1 aromatic rings. The van der Waals surface area contributed by atoms with Crippen LogP contribution in [0.25, 0.3) is 0 Å². The number of hydrogen-bond acceptors (Lipinski definition) is 7. The maximum absolute atomic E-state index is 12.8. The molecule has 35 heavy (non-hydrogen) atoms. The fourth-order valence-electron chi connectivity index (χ4n) is 6.07. The lowest BCUT2D eigenvalue weighted by atomic mass is 9.75. The Kier molecular flexibility index (Phi) is 7.04. The van der Waals surface area contributed by atoms with Gasteiger partial charge in [-0.2, -0.15) is 0 Å². The number of amidine groups is 1. The van der Waals surface area contributed by atoms with E-state index >= 15 is 0 Å². The van der Waals surface area contributed by atoms with Crippen LogP contribution in [0.2, 0.25) is 0 Å². The molecule has 188 valence electrons. The molecule has 5 rings (SSSR count). The van der Waals surface area contributed by atoms with Gasteiger partial charge >= 0.3 is 0 Å². The van der Waals surface area contributed by atoms with Crippen LogP contribution in [0.1, 0.15) is 44.9 Å². The largest absolute Gasteiger partial charge is 0.368 e. The summed E-state index contributed by atoms with van der Waals surface area (Å²) in [5, 5.41) is 6.57. The zero-order valence-electron chi connectivity index (χ0n) is 20.9. The minimum Gasteiger partial charge on any atom is -0.368 e. The van der Waals surface area contributed by atoms with Gasteiger partial charge in [-0.3, -0.25) is 9.79 Å². The van der Waals surface area contributed by atoms with E-state index in [2.05, 4.69) is 55.1 Å². The smallest absolute Gasteiger partial charge is 0.242 e. The van der Waals surface area contributed by atoms with Gasteiger partial charge in [0.05, 0.1) is 17.4 Å². The van der Waals surface area contributed by atoms with Crippen molar-refractivity contribution in [2.24, 2.45) is 9.98 Å². The Morgan fingerprint density at radius 1 is 1.23 bits per heavy atom. The summed E-state index contributed by atoms with van der Waals surface area (Å²) in [7, 11) is 2.16. The Morgan fingerprint density at radius 2 is 2.03 bits per heavy atom. The Bertz CT molecular complexity index is 974. The SMILES string of the molecule is C=N/C=C1/CCC2C(=O)NCC3(CCCCC3)N2C1=NCNc1ccc(N2CCN(C)CC2)cn1. The summed E-state index contributed by atoms with van der Waals surface area (Å²) in [6, 6.07) is 3.99. The average Bonchev–Trinajstić information content (AvgIpc) is 2.89. The molecular formula is C26H38N8O. The van der Waals surface area contributed by atoms with Gasteiger partial charge in [0.1, 0.15) is 24.4 Å². The Morgan fingerprint density at radius 3 is 2.74 bits per heavy atom. The average molecular weight is 479 g/mol. The molecule has 1 aromatic heterocycles. The molecule has 1 saturated carbocycles. The van der Waals surface area contributed by atoms with Crippen LogP contribution < -0.4 is 15.5 Å². The van der Waals surface area contributed by atoms with Gasteiger partial charge in [0.25, 0.3) is 0 Å². The summed E-state index contributed by atoms with van der Waals surface area (Å²) in [5.74, 6) is 1.82.